The minimum absolute atomic E-state index is 0. The summed E-state index contributed by atoms with van der Waals surface area (Å²) in [5.74, 6) is 0. The van der Waals surface area contributed by atoms with Crippen molar-refractivity contribution in [2.45, 2.75) is 84.5 Å². The first-order chi connectivity index (χ1) is 8.62. The third-order valence-corrected chi connectivity index (χ3v) is 3.95. The molecule has 0 aromatic heterocycles. The molecule has 0 saturated heterocycles. The van der Waals surface area contributed by atoms with E-state index in [1.807, 2.05) is 0 Å². The van der Waals surface area contributed by atoms with Crippen LogP contribution in [0.5, 0.6) is 0 Å². The smallest absolute Gasteiger partial charge is 0.0782 e. The van der Waals surface area contributed by atoms with E-state index in [9.17, 15) is 0 Å². The van der Waals surface area contributed by atoms with Gasteiger partial charge in [-0.05, 0) is 19.3 Å². The standard InChI is InChI=1S/C17H38N.H2O/c1-5-7-8-9-10-11-12-13-14-15-17-18(3,4)16-6-2;/h5-17H2,1-4H3;1H2/q+1;/p-1. The van der Waals surface area contributed by atoms with E-state index in [1.54, 1.807) is 0 Å². The first kappa shape index (κ1) is 21.2. The maximum atomic E-state index is 2.37. The molecule has 0 aromatic carbocycles. The van der Waals surface area contributed by atoms with Crippen LogP contribution >= 0.6 is 0 Å². The summed E-state index contributed by atoms with van der Waals surface area (Å²) in [4.78, 5) is 0. The second kappa shape index (κ2) is 14.3. The van der Waals surface area contributed by atoms with E-state index in [-0.39, 0.29) is 5.48 Å². The summed E-state index contributed by atoms with van der Waals surface area (Å²) in [6.07, 6.45) is 15.8. The molecule has 0 aliphatic rings. The summed E-state index contributed by atoms with van der Waals surface area (Å²) >= 11 is 0. The van der Waals surface area contributed by atoms with Crippen molar-refractivity contribution >= 4 is 0 Å². The predicted octanol–water partition coefficient (Wildman–Crippen LogP) is 5.22. The highest BCUT2D eigenvalue weighted by Crippen LogP contribution is 2.11. The van der Waals surface area contributed by atoms with Gasteiger partial charge in [0, 0.05) is 0 Å². The molecular formula is C17H39NO. The molecule has 0 rings (SSSR count). The number of quaternary nitrogens is 1. The van der Waals surface area contributed by atoms with Crippen LogP contribution in [0.1, 0.15) is 84.5 Å². The van der Waals surface area contributed by atoms with E-state index < -0.39 is 0 Å². The van der Waals surface area contributed by atoms with E-state index in [4.69, 9.17) is 0 Å². The quantitative estimate of drug-likeness (QED) is 0.334. The zero-order valence-corrected chi connectivity index (χ0v) is 14.1. The number of hydrogen-bond donors (Lipinski definition) is 0. The SMILES string of the molecule is CCCCCCCCCCCC[N+](C)(C)CCC.[OH-]. The molecule has 0 spiro atoms. The summed E-state index contributed by atoms with van der Waals surface area (Å²) in [6.45, 7) is 7.28. The zero-order chi connectivity index (χ0) is 13.7. The van der Waals surface area contributed by atoms with E-state index >= 15 is 0 Å². The molecule has 19 heavy (non-hydrogen) atoms. The monoisotopic (exact) mass is 273 g/mol. The third kappa shape index (κ3) is 15.9. The maximum Gasteiger partial charge on any atom is 0.0782 e. The van der Waals surface area contributed by atoms with Crippen molar-refractivity contribution in [1.82, 2.24) is 0 Å². The number of nitrogens with zero attached hydrogens (tertiary/aromatic N) is 1. The number of hydrogen-bond acceptors (Lipinski definition) is 1. The molecule has 118 valence electrons. The van der Waals surface area contributed by atoms with Gasteiger partial charge in [-0.1, -0.05) is 65.2 Å². The van der Waals surface area contributed by atoms with Gasteiger partial charge in [0.1, 0.15) is 0 Å². The molecule has 0 aliphatic carbocycles. The lowest BCUT2D eigenvalue weighted by Gasteiger charge is -2.29. The van der Waals surface area contributed by atoms with Crippen LogP contribution in [0.2, 0.25) is 0 Å². The van der Waals surface area contributed by atoms with Crippen molar-refractivity contribution in [2.75, 3.05) is 27.2 Å². The van der Waals surface area contributed by atoms with Gasteiger partial charge in [-0.3, -0.25) is 0 Å². The van der Waals surface area contributed by atoms with Crippen LogP contribution in [0.25, 0.3) is 0 Å². The van der Waals surface area contributed by atoms with Crippen LogP contribution in [0.3, 0.4) is 0 Å². The Morgan fingerprint density at radius 2 is 0.947 bits per heavy atom. The lowest BCUT2D eigenvalue weighted by Crippen LogP contribution is -2.40. The van der Waals surface area contributed by atoms with Gasteiger partial charge in [-0.15, -0.1) is 0 Å². The fraction of sp³-hybridized carbons (Fsp3) is 1.00. The lowest BCUT2D eigenvalue weighted by atomic mass is 10.1. The van der Waals surface area contributed by atoms with Gasteiger partial charge in [-0.2, -0.15) is 0 Å². The Balaban J connectivity index is 0. The van der Waals surface area contributed by atoms with Crippen molar-refractivity contribution in [3.63, 3.8) is 0 Å². The van der Waals surface area contributed by atoms with Crippen LogP contribution in [0, 0.1) is 0 Å². The van der Waals surface area contributed by atoms with Crippen molar-refractivity contribution < 1.29 is 9.96 Å². The summed E-state index contributed by atoms with van der Waals surface area (Å²) in [6, 6.07) is 0. The Labute approximate surface area is 122 Å². The Bertz CT molecular complexity index is 169. The average molecular weight is 274 g/mol. The van der Waals surface area contributed by atoms with Crippen molar-refractivity contribution in [2.24, 2.45) is 0 Å². The summed E-state index contributed by atoms with van der Waals surface area (Å²) in [5, 5.41) is 0. The fourth-order valence-electron chi connectivity index (χ4n) is 2.74. The van der Waals surface area contributed by atoms with Gasteiger partial charge in [0.25, 0.3) is 0 Å². The summed E-state index contributed by atoms with van der Waals surface area (Å²) in [7, 11) is 4.74. The van der Waals surface area contributed by atoms with E-state index in [0.29, 0.717) is 0 Å². The van der Waals surface area contributed by atoms with Gasteiger partial charge in [0.15, 0.2) is 0 Å². The van der Waals surface area contributed by atoms with Crippen LogP contribution in [-0.4, -0.2) is 37.1 Å². The highest BCUT2D eigenvalue weighted by Gasteiger charge is 2.11. The van der Waals surface area contributed by atoms with Crippen molar-refractivity contribution in [3.05, 3.63) is 0 Å². The summed E-state index contributed by atoms with van der Waals surface area (Å²) in [5.41, 5.74) is 0. The molecule has 0 aliphatic heterocycles. The summed E-state index contributed by atoms with van der Waals surface area (Å²) < 4.78 is 1.22. The first-order valence-corrected chi connectivity index (χ1v) is 8.44. The molecule has 2 heteroatoms. The molecular weight excluding hydrogens is 234 g/mol. The van der Waals surface area contributed by atoms with Gasteiger partial charge < -0.3 is 9.96 Å². The lowest BCUT2D eigenvalue weighted by molar-refractivity contribution is -0.890. The normalized spacial score (nSPS) is 11.4. The fourth-order valence-corrected chi connectivity index (χ4v) is 2.74. The van der Waals surface area contributed by atoms with Crippen LogP contribution in [-0.2, 0) is 0 Å². The van der Waals surface area contributed by atoms with Crippen molar-refractivity contribution in [1.29, 1.82) is 0 Å². The van der Waals surface area contributed by atoms with Gasteiger partial charge in [-0.25, -0.2) is 0 Å². The minimum atomic E-state index is 0. The molecule has 0 atom stereocenters. The first-order valence-electron chi connectivity index (χ1n) is 8.44. The second-order valence-electron chi connectivity index (χ2n) is 6.56. The van der Waals surface area contributed by atoms with Crippen LogP contribution < -0.4 is 0 Å². The minimum Gasteiger partial charge on any atom is -0.870 e. The molecule has 0 radical (unpaired) electrons. The highest BCUT2D eigenvalue weighted by atomic mass is 16.0. The molecule has 2 nitrogen and oxygen atoms in total. The topological polar surface area (TPSA) is 30.0 Å². The third-order valence-electron chi connectivity index (χ3n) is 3.95. The molecule has 0 fully saturated rings. The number of unbranched alkanes of at least 4 members (excludes halogenated alkanes) is 9. The van der Waals surface area contributed by atoms with E-state index in [0.717, 1.165) is 0 Å². The van der Waals surface area contributed by atoms with E-state index in [1.165, 1.54) is 88.2 Å². The highest BCUT2D eigenvalue weighted by molar-refractivity contribution is 4.47. The van der Waals surface area contributed by atoms with Gasteiger partial charge in [0.05, 0.1) is 27.2 Å². The second-order valence-corrected chi connectivity index (χ2v) is 6.56. The average Bonchev–Trinajstić information content (AvgIpc) is 2.31. The molecule has 0 bridgehead atoms. The molecule has 0 aromatic rings. The predicted molar refractivity (Wildman–Crippen MR) is 85.9 cm³/mol. The zero-order valence-electron chi connectivity index (χ0n) is 14.1. The van der Waals surface area contributed by atoms with E-state index in [2.05, 4.69) is 27.9 Å². The van der Waals surface area contributed by atoms with Crippen LogP contribution in [0.4, 0.5) is 0 Å². The van der Waals surface area contributed by atoms with Gasteiger partial charge >= 0.3 is 0 Å². The number of rotatable bonds is 13. The van der Waals surface area contributed by atoms with Crippen molar-refractivity contribution in [3.8, 4) is 0 Å². The Kier molecular flexibility index (Phi) is 16.0. The molecule has 0 saturated carbocycles. The molecule has 0 amide bonds. The van der Waals surface area contributed by atoms with Gasteiger partial charge in [0.2, 0.25) is 0 Å². The Hall–Kier alpha value is -0.0800. The Morgan fingerprint density at radius 3 is 1.37 bits per heavy atom. The van der Waals surface area contributed by atoms with Crippen LogP contribution in [0.15, 0.2) is 0 Å². The molecule has 0 unspecified atom stereocenters. The largest absolute Gasteiger partial charge is 0.870 e. The molecule has 1 N–H and O–H groups in total. The molecule has 0 heterocycles. The Morgan fingerprint density at radius 1 is 0.526 bits per heavy atom. The maximum absolute atomic E-state index is 2.37.